The summed E-state index contributed by atoms with van der Waals surface area (Å²) in [4.78, 5) is 14.7. The van der Waals surface area contributed by atoms with Crippen molar-refractivity contribution >= 4 is 11.8 Å². The highest BCUT2D eigenvalue weighted by Gasteiger charge is 2.07. The lowest BCUT2D eigenvalue weighted by Crippen LogP contribution is -2.08. The van der Waals surface area contributed by atoms with Gasteiger partial charge in [-0.3, -0.25) is 0 Å². The van der Waals surface area contributed by atoms with Crippen LogP contribution in [0.25, 0.3) is 0 Å². The summed E-state index contributed by atoms with van der Waals surface area (Å²) in [6.07, 6.45) is 1.71. The predicted molar refractivity (Wildman–Crippen MR) is 44.1 cm³/mol. The summed E-state index contributed by atoms with van der Waals surface area (Å²) in [5, 5.41) is 0. The van der Waals surface area contributed by atoms with Crippen molar-refractivity contribution in [2.45, 2.75) is 6.42 Å². The summed E-state index contributed by atoms with van der Waals surface area (Å²) < 4.78 is 4.46. The van der Waals surface area contributed by atoms with E-state index < -0.39 is 5.97 Å². The van der Waals surface area contributed by atoms with E-state index in [-0.39, 0.29) is 5.57 Å². The van der Waals surface area contributed by atoms with Crippen LogP contribution < -0.4 is 5.73 Å². The van der Waals surface area contributed by atoms with Crippen LogP contribution in [0.5, 0.6) is 0 Å². The molecule has 0 aromatic rings. The Balaban J connectivity index is 2.89. The van der Waals surface area contributed by atoms with Crippen molar-refractivity contribution in [3.8, 4) is 11.8 Å². The molecule has 1 heterocycles. The Bertz CT molecular complexity index is 318. The minimum atomic E-state index is -0.485. The van der Waals surface area contributed by atoms with E-state index in [1.165, 1.54) is 13.3 Å². The number of hydrogen-bond acceptors (Lipinski definition) is 4. The molecule has 12 heavy (non-hydrogen) atoms. The number of aliphatic imine (C=N–C) groups is 1. The summed E-state index contributed by atoms with van der Waals surface area (Å²) in [6.45, 7) is 0. The Hall–Kier alpha value is -1.76. The predicted octanol–water partition coefficient (Wildman–Crippen LogP) is -0.192. The first-order valence-corrected chi connectivity index (χ1v) is 3.33. The van der Waals surface area contributed by atoms with E-state index in [0.29, 0.717) is 12.3 Å². The highest BCUT2D eigenvalue weighted by atomic mass is 16.5. The standard InChI is InChI=1S/C8H8N2O2/c1-12-8(11)6-3-2-4-7(9)10-5-6/h5H,4H2,1H3,(H2,9,10). The number of amidine groups is 1. The molecule has 0 saturated carbocycles. The smallest absolute Gasteiger partial charge is 0.348 e. The zero-order chi connectivity index (χ0) is 8.97. The average Bonchev–Trinajstić information content (AvgIpc) is 2.29. The van der Waals surface area contributed by atoms with Crippen LogP contribution in [0.15, 0.2) is 16.8 Å². The van der Waals surface area contributed by atoms with Crippen LogP contribution in [0.4, 0.5) is 0 Å². The maximum absolute atomic E-state index is 10.9. The molecule has 0 bridgehead atoms. The molecule has 0 amide bonds. The third-order valence-corrected chi connectivity index (χ3v) is 1.26. The molecular formula is C8H8N2O2. The van der Waals surface area contributed by atoms with Crippen molar-refractivity contribution in [3.05, 3.63) is 11.8 Å². The minimum absolute atomic E-state index is 0.234. The van der Waals surface area contributed by atoms with Crippen LogP contribution in [-0.4, -0.2) is 18.9 Å². The average molecular weight is 164 g/mol. The van der Waals surface area contributed by atoms with Crippen molar-refractivity contribution in [3.63, 3.8) is 0 Å². The molecule has 0 aliphatic carbocycles. The molecule has 62 valence electrons. The monoisotopic (exact) mass is 164 g/mol. The third-order valence-electron chi connectivity index (χ3n) is 1.26. The highest BCUT2D eigenvalue weighted by Crippen LogP contribution is 1.99. The summed E-state index contributed by atoms with van der Waals surface area (Å²) >= 11 is 0. The van der Waals surface area contributed by atoms with Crippen molar-refractivity contribution in [2.24, 2.45) is 10.7 Å². The van der Waals surface area contributed by atoms with E-state index in [4.69, 9.17) is 5.73 Å². The van der Waals surface area contributed by atoms with E-state index in [1.54, 1.807) is 0 Å². The number of hydrogen-bond donors (Lipinski definition) is 1. The van der Waals surface area contributed by atoms with Crippen LogP contribution in [0.1, 0.15) is 6.42 Å². The van der Waals surface area contributed by atoms with Crippen molar-refractivity contribution in [1.29, 1.82) is 0 Å². The normalized spacial score (nSPS) is 14.8. The van der Waals surface area contributed by atoms with Crippen LogP contribution in [-0.2, 0) is 9.53 Å². The second-order valence-corrected chi connectivity index (χ2v) is 2.13. The lowest BCUT2D eigenvalue weighted by molar-refractivity contribution is -0.135. The third kappa shape index (κ3) is 1.86. The van der Waals surface area contributed by atoms with Crippen LogP contribution >= 0.6 is 0 Å². The van der Waals surface area contributed by atoms with Gasteiger partial charge in [0.1, 0.15) is 11.4 Å². The zero-order valence-corrected chi connectivity index (χ0v) is 6.63. The minimum Gasteiger partial charge on any atom is -0.465 e. The molecule has 2 N–H and O–H groups in total. The van der Waals surface area contributed by atoms with Gasteiger partial charge in [-0.25, -0.2) is 9.79 Å². The number of rotatable bonds is 1. The molecule has 0 aromatic heterocycles. The van der Waals surface area contributed by atoms with Gasteiger partial charge in [-0.05, 0) is 0 Å². The number of carbonyl (C=O) groups is 1. The first-order valence-electron chi connectivity index (χ1n) is 3.33. The summed E-state index contributed by atoms with van der Waals surface area (Å²) in [7, 11) is 1.29. The number of ether oxygens (including phenoxy) is 1. The molecule has 1 aliphatic heterocycles. The van der Waals surface area contributed by atoms with Crippen LogP contribution in [0.2, 0.25) is 0 Å². The molecule has 1 rings (SSSR count). The number of nitrogens with zero attached hydrogens (tertiary/aromatic N) is 1. The summed E-state index contributed by atoms with van der Waals surface area (Å²) in [6, 6.07) is 0. The van der Waals surface area contributed by atoms with Gasteiger partial charge in [0.2, 0.25) is 0 Å². The molecule has 0 fully saturated rings. The molecule has 4 heteroatoms. The van der Waals surface area contributed by atoms with Gasteiger partial charge < -0.3 is 10.5 Å². The largest absolute Gasteiger partial charge is 0.465 e. The van der Waals surface area contributed by atoms with E-state index >= 15 is 0 Å². The van der Waals surface area contributed by atoms with Crippen molar-refractivity contribution in [2.75, 3.05) is 7.11 Å². The fraction of sp³-hybridized carbons (Fsp3) is 0.250. The molecule has 0 radical (unpaired) electrons. The maximum atomic E-state index is 10.9. The van der Waals surface area contributed by atoms with E-state index in [9.17, 15) is 4.79 Å². The Morgan fingerprint density at radius 3 is 3.25 bits per heavy atom. The lowest BCUT2D eigenvalue weighted by atomic mass is 10.3. The van der Waals surface area contributed by atoms with Crippen molar-refractivity contribution < 1.29 is 9.53 Å². The van der Waals surface area contributed by atoms with Crippen LogP contribution in [0.3, 0.4) is 0 Å². The fourth-order valence-electron chi connectivity index (χ4n) is 0.669. The second-order valence-electron chi connectivity index (χ2n) is 2.13. The fourth-order valence-corrected chi connectivity index (χ4v) is 0.669. The van der Waals surface area contributed by atoms with Gasteiger partial charge in [-0.2, -0.15) is 0 Å². The topological polar surface area (TPSA) is 64.7 Å². The molecule has 0 unspecified atom stereocenters. The highest BCUT2D eigenvalue weighted by molar-refractivity contribution is 5.95. The molecule has 1 aliphatic rings. The van der Waals surface area contributed by atoms with Gasteiger partial charge in [-0.15, -0.1) is 0 Å². The maximum Gasteiger partial charge on any atom is 0.348 e. The van der Waals surface area contributed by atoms with Crippen molar-refractivity contribution in [1.82, 2.24) is 0 Å². The van der Waals surface area contributed by atoms with E-state index in [1.807, 2.05) is 0 Å². The number of methoxy groups -OCH3 is 1. The Labute approximate surface area is 70.1 Å². The quantitative estimate of drug-likeness (QED) is 0.431. The van der Waals surface area contributed by atoms with Gasteiger partial charge in [0.15, 0.2) is 0 Å². The summed E-state index contributed by atoms with van der Waals surface area (Å²) in [5.41, 5.74) is 5.62. The molecule has 0 spiro atoms. The van der Waals surface area contributed by atoms with Gasteiger partial charge >= 0.3 is 5.97 Å². The van der Waals surface area contributed by atoms with Crippen LogP contribution in [0, 0.1) is 11.8 Å². The molecule has 0 aromatic carbocycles. The summed E-state index contributed by atoms with van der Waals surface area (Å²) in [5.74, 6) is 5.21. The Morgan fingerprint density at radius 2 is 2.58 bits per heavy atom. The second kappa shape index (κ2) is 3.58. The van der Waals surface area contributed by atoms with Gasteiger partial charge in [0, 0.05) is 0 Å². The SMILES string of the molecule is COC(=O)C1=CN=C(N)CC#C1. The first-order chi connectivity index (χ1) is 5.74. The zero-order valence-electron chi connectivity index (χ0n) is 6.63. The van der Waals surface area contributed by atoms with Gasteiger partial charge in [0.25, 0.3) is 0 Å². The molecule has 0 saturated heterocycles. The lowest BCUT2D eigenvalue weighted by Gasteiger charge is -1.93. The molecular weight excluding hydrogens is 156 g/mol. The Morgan fingerprint density at radius 1 is 1.83 bits per heavy atom. The number of carbonyl (C=O) groups excluding carboxylic acids is 1. The number of esters is 1. The van der Waals surface area contributed by atoms with E-state index in [0.717, 1.165) is 0 Å². The Kier molecular flexibility index (Phi) is 2.49. The van der Waals surface area contributed by atoms with Gasteiger partial charge in [-0.1, -0.05) is 11.8 Å². The van der Waals surface area contributed by atoms with Gasteiger partial charge in [0.05, 0.1) is 19.7 Å². The van der Waals surface area contributed by atoms with E-state index in [2.05, 4.69) is 21.6 Å². The molecule has 0 atom stereocenters. The number of nitrogens with two attached hydrogens (primary N) is 1. The molecule has 4 nitrogen and oxygen atoms in total. The first kappa shape index (κ1) is 8.34.